The van der Waals surface area contributed by atoms with E-state index >= 15 is 0 Å². The normalized spacial score (nSPS) is 21.1. The maximum atomic E-state index is 4.27. The van der Waals surface area contributed by atoms with Crippen molar-refractivity contribution in [2.24, 2.45) is 0 Å². The van der Waals surface area contributed by atoms with E-state index in [0.717, 1.165) is 30.6 Å². The van der Waals surface area contributed by atoms with E-state index in [4.69, 9.17) is 0 Å². The Kier molecular flexibility index (Phi) is 3.24. The first-order valence-electron chi connectivity index (χ1n) is 7.22. The number of thioether (sulfide) groups is 1. The van der Waals surface area contributed by atoms with Gasteiger partial charge in [0.25, 0.3) is 0 Å². The first-order valence-corrected chi connectivity index (χ1v) is 8.21. The topological polar surface area (TPSA) is 42.7 Å². The summed E-state index contributed by atoms with van der Waals surface area (Å²) in [5.41, 5.74) is 2.52. The molecule has 2 heterocycles. The number of rotatable bonds is 5. The number of aromatic nitrogens is 3. The smallest absolute Gasteiger partial charge is 0.0964 e. The van der Waals surface area contributed by atoms with Crippen LogP contribution in [0.2, 0.25) is 0 Å². The summed E-state index contributed by atoms with van der Waals surface area (Å²) in [5.74, 6) is 1.71. The lowest BCUT2D eigenvalue weighted by molar-refractivity contribution is 0.532. The molecular formula is C15H18N4S. The second-order valence-electron chi connectivity index (χ2n) is 5.63. The molecule has 2 aliphatic rings. The van der Waals surface area contributed by atoms with E-state index in [9.17, 15) is 0 Å². The van der Waals surface area contributed by atoms with Crippen molar-refractivity contribution in [2.45, 2.75) is 42.8 Å². The Labute approximate surface area is 122 Å². The highest BCUT2D eigenvalue weighted by molar-refractivity contribution is 7.99. The lowest BCUT2D eigenvalue weighted by Gasteiger charge is -2.09. The molecule has 0 bridgehead atoms. The van der Waals surface area contributed by atoms with Gasteiger partial charge in [0.1, 0.15) is 0 Å². The van der Waals surface area contributed by atoms with Gasteiger partial charge in [-0.15, -0.1) is 16.9 Å². The molecule has 0 saturated heterocycles. The van der Waals surface area contributed by atoms with Crippen LogP contribution in [0.15, 0.2) is 35.4 Å². The van der Waals surface area contributed by atoms with E-state index in [2.05, 4.69) is 46.1 Å². The van der Waals surface area contributed by atoms with Gasteiger partial charge < -0.3 is 5.32 Å². The fourth-order valence-corrected chi connectivity index (χ4v) is 3.89. The Morgan fingerprint density at radius 1 is 1.30 bits per heavy atom. The monoisotopic (exact) mass is 286 g/mol. The van der Waals surface area contributed by atoms with E-state index in [1.807, 2.05) is 16.4 Å². The zero-order valence-electron chi connectivity index (χ0n) is 11.3. The van der Waals surface area contributed by atoms with Crippen LogP contribution in [-0.4, -0.2) is 26.8 Å². The molecule has 0 radical (unpaired) electrons. The van der Waals surface area contributed by atoms with Crippen molar-refractivity contribution < 1.29 is 0 Å². The number of benzene rings is 1. The molecule has 1 atom stereocenters. The molecule has 20 heavy (non-hydrogen) atoms. The molecule has 0 spiro atoms. The first kappa shape index (κ1) is 12.4. The van der Waals surface area contributed by atoms with Crippen LogP contribution in [0.3, 0.4) is 0 Å². The van der Waals surface area contributed by atoms with Gasteiger partial charge in [-0.05, 0) is 24.5 Å². The van der Waals surface area contributed by atoms with Gasteiger partial charge in [-0.25, -0.2) is 0 Å². The molecule has 4 rings (SSSR count). The van der Waals surface area contributed by atoms with Gasteiger partial charge in [0.05, 0.1) is 12.2 Å². The van der Waals surface area contributed by atoms with Crippen LogP contribution >= 0.6 is 11.8 Å². The molecule has 2 aromatic rings. The average molecular weight is 286 g/mol. The zero-order chi connectivity index (χ0) is 13.4. The first-order chi connectivity index (χ1) is 9.88. The van der Waals surface area contributed by atoms with Crippen LogP contribution in [0.5, 0.6) is 0 Å². The van der Waals surface area contributed by atoms with Crippen LogP contribution in [0.4, 0.5) is 0 Å². The zero-order valence-corrected chi connectivity index (χ0v) is 12.1. The Morgan fingerprint density at radius 3 is 3.10 bits per heavy atom. The molecule has 4 nitrogen and oxygen atoms in total. The summed E-state index contributed by atoms with van der Waals surface area (Å²) >= 11 is 1.95. The number of nitrogens with zero attached hydrogens (tertiary/aromatic N) is 3. The predicted molar refractivity (Wildman–Crippen MR) is 79.8 cm³/mol. The number of hydrogen-bond donors (Lipinski definition) is 1. The molecule has 1 fully saturated rings. The van der Waals surface area contributed by atoms with Crippen molar-refractivity contribution in [3.05, 3.63) is 41.7 Å². The fourth-order valence-electron chi connectivity index (χ4n) is 2.65. The minimum absolute atomic E-state index is 0.558. The maximum Gasteiger partial charge on any atom is 0.0964 e. The lowest BCUT2D eigenvalue weighted by atomic mass is 10.0. The highest BCUT2D eigenvalue weighted by Crippen LogP contribution is 2.39. The molecule has 104 valence electrons. The molecule has 1 aliphatic heterocycles. The van der Waals surface area contributed by atoms with Crippen molar-refractivity contribution in [3.63, 3.8) is 0 Å². The van der Waals surface area contributed by atoms with Gasteiger partial charge in [-0.3, -0.25) is 4.68 Å². The van der Waals surface area contributed by atoms with Crippen LogP contribution < -0.4 is 5.32 Å². The molecule has 1 aromatic heterocycles. The predicted octanol–water partition coefficient (Wildman–Crippen LogP) is 2.42. The van der Waals surface area contributed by atoms with Crippen LogP contribution in [-0.2, 0) is 13.1 Å². The van der Waals surface area contributed by atoms with Crippen molar-refractivity contribution in [2.75, 3.05) is 5.75 Å². The third-order valence-corrected chi connectivity index (χ3v) is 5.19. The quantitative estimate of drug-likeness (QED) is 0.916. The SMILES string of the molecule is c1ccc2c(c1)SCC2Cn1cc(CNC2CC2)nn1. The average Bonchev–Trinajstić information content (AvgIpc) is 3.06. The van der Waals surface area contributed by atoms with Gasteiger partial charge in [-0.2, -0.15) is 0 Å². The molecular weight excluding hydrogens is 268 g/mol. The molecule has 1 saturated carbocycles. The highest BCUT2D eigenvalue weighted by atomic mass is 32.2. The third-order valence-electron chi connectivity index (χ3n) is 3.94. The Hall–Kier alpha value is -1.33. The standard InChI is InChI=1S/C15H18N4S/c1-2-4-15-14(3-1)11(10-20-15)8-19-9-13(17-18-19)7-16-12-5-6-12/h1-4,9,11-12,16H,5-8,10H2. The summed E-state index contributed by atoms with van der Waals surface area (Å²) in [5, 5.41) is 12.0. The Bertz CT molecular complexity index is 605. The molecule has 5 heteroatoms. The summed E-state index contributed by atoms with van der Waals surface area (Å²) < 4.78 is 2.00. The van der Waals surface area contributed by atoms with E-state index in [0.29, 0.717) is 5.92 Å². The molecule has 1 N–H and O–H groups in total. The second-order valence-corrected chi connectivity index (χ2v) is 6.69. The maximum absolute atomic E-state index is 4.27. The Morgan fingerprint density at radius 2 is 2.20 bits per heavy atom. The third kappa shape index (κ3) is 2.60. The van der Waals surface area contributed by atoms with E-state index in [1.165, 1.54) is 23.3 Å². The molecule has 1 unspecified atom stereocenters. The van der Waals surface area contributed by atoms with Crippen molar-refractivity contribution in [1.82, 2.24) is 20.3 Å². The van der Waals surface area contributed by atoms with E-state index in [1.54, 1.807) is 0 Å². The minimum atomic E-state index is 0.558. The fraction of sp³-hybridized carbons (Fsp3) is 0.467. The van der Waals surface area contributed by atoms with Crippen molar-refractivity contribution in [3.8, 4) is 0 Å². The summed E-state index contributed by atoms with van der Waals surface area (Å²) in [7, 11) is 0. The molecule has 1 aliphatic carbocycles. The van der Waals surface area contributed by atoms with Gasteiger partial charge in [0, 0.05) is 35.3 Å². The number of nitrogens with one attached hydrogen (secondary N) is 1. The highest BCUT2D eigenvalue weighted by Gasteiger charge is 2.24. The van der Waals surface area contributed by atoms with Crippen molar-refractivity contribution >= 4 is 11.8 Å². The van der Waals surface area contributed by atoms with Gasteiger partial charge in [-0.1, -0.05) is 23.4 Å². The van der Waals surface area contributed by atoms with E-state index < -0.39 is 0 Å². The summed E-state index contributed by atoms with van der Waals surface area (Å²) in [6.45, 7) is 1.78. The largest absolute Gasteiger partial charge is 0.308 e. The van der Waals surface area contributed by atoms with Gasteiger partial charge in [0.2, 0.25) is 0 Å². The lowest BCUT2D eigenvalue weighted by Crippen LogP contribution is -2.15. The molecule has 0 amide bonds. The minimum Gasteiger partial charge on any atom is -0.308 e. The van der Waals surface area contributed by atoms with Gasteiger partial charge in [0.15, 0.2) is 0 Å². The summed E-state index contributed by atoms with van der Waals surface area (Å²) in [6, 6.07) is 9.42. The second kappa shape index (κ2) is 5.22. The summed E-state index contributed by atoms with van der Waals surface area (Å²) in [4.78, 5) is 1.42. The van der Waals surface area contributed by atoms with Crippen LogP contribution in [0.1, 0.15) is 30.0 Å². The van der Waals surface area contributed by atoms with Crippen molar-refractivity contribution in [1.29, 1.82) is 0 Å². The van der Waals surface area contributed by atoms with E-state index in [-0.39, 0.29) is 0 Å². The Balaban J connectivity index is 1.41. The van der Waals surface area contributed by atoms with Gasteiger partial charge >= 0.3 is 0 Å². The van der Waals surface area contributed by atoms with Crippen LogP contribution in [0.25, 0.3) is 0 Å². The van der Waals surface area contributed by atoms with Crippen LogP contribution in [0, 0.1) is 0 Å². The summed E-state index contributed by atoms with van der Waals surface area (Å²) in [6.07, 6.45) is 4.70. The number of hydrogen-bond acceptors (Lipinski definition) is 4. The molecule has 1 aromatic carbocycles. The number of fused-ring (bicyclic) bond motifs is 1.